The lowest BCUT2D eigenvalue weighted by molar-refractivity contribution is 0.0788. The van der Waals surface area contributed by atoms with E-state index in [1.807, 2.05) is 0 Å². The average Bonchev–Trinajstić information content (AvgIpc) is 2.43. The first-order valence-electron chi connectivity index (χ1n) is 4.21. The maximum absolute atomic E-state index is 11.7. The number of nitrogens with zero attached hydrogens (tertiary/aromatic N) is 1. The van der Waals surface area contributed by atoms with E-state index < -0.39 is 5.41 Å². The van der Waals surface area contributed by atoms with E-state index in [0.29, 0.717) is 11.1 Å². The fraction of sp³-hybridized carbons (Fsp3) is 0.182. The summed E-state index contributed by atoms with van der Waals surface area (Å²) in [6.45, 7) is 1.37. The summed E-state index contributed by atoms with van der Waals surface area (Å²) in [5.74, 6) is -0.777. The van der Waals surface area contributed by atoms with Gasteiger partial charge in [-0.1, -0.05) is 24.3 Å². The third kappa shape index (κ3) is 0.801. The first-order valence-corrected chi connectivity index (χ1v) is 4.21. The van der Waals surface area contributed by atoms with Gasteiger partial charge in [-0.3, -0.25) is 9.59 Å². The second-order valence-electron chi connectivity index (χ2n) is 3.44. The Kier molecular flexibility index (Phi) is 1.55. The molecule has 2 rings (SSSR count). The number of rotatable bonds is 0. The molecule has 0 unspecified atom stereocenters. The van der Waals surface area contributed by atoms with Gasteiger partial charge >= 0.3 is 0 Å². The van der Waals surface area contributed by atoms with Crippen LogP contribution in [0.15, 0.2) is 24.3 Å². The number of Topliss-reactive ketones (excluding diaryl/α,β-unsaturated/α-hetero) is 2. The molecule has 0 aromatic heterocycles. The van der Waals surface area contributed by atoms with Gasteiger partial charge in [0, 0.05) is 11.1 Å². The predicted molar refractivity (Wildman–Crippen MR) is 48.8 cm³/mol. The van der Waals surface area contributed by atoms with Gasteiger partial charge in [0.1, 0.15) is 0 Å². The van der Waals surface area contributed by atoms with Crippen LogP contribution in [0.5, 0.6) is 0 Å². The summed E-state index contributed by atoms with van der Waals surface area (Å²) in [4.78, 5) is 23.4. The molecule has 0 N–H and O–H groups in total. The molecule has 0 fully saturated rings. The van der Waals surface area contributed by atoms with Crippen molar-refractivity contribution >= 4 is 11.6 Å². The van der Waals surface area contributed by atoms with E-state index in [1.165, 1.54) is 6.92 Å². The molecule has 0 saturated heterocycles. The van der Waals surface area contributed by atoms with Crippen LogP contribution in [0.4, 0.5) is 0 Å². The number of carbonyl (C=O) groups excluding carboxylic acids is 2. The number of hydrogen-bond acceptors (Lipinski definition) is 3. The number of benzene rings is 1. The highest BCUT2D eigenvalue weighted by Crippen LogP contribution is 2.35. The minimum absolute atomic E-state index is 0.363. The van der Waals surface area contributed by atoms with E-state index in [4.69, 9.17) is 5.26 Å². The van der Waals surface area contributed by atoms with Gasteiger partial charge in [-0.2, -0.15) is 5.26 Å². The van der Waals surface area contributed by atoms with Crippen molar-refractivity contribution in [3.63, 3.8) is 0 Å². The highest BCUT2D eigenvalue weighted by Gasteiger charge is 2.49. The Morgan fingerprint density at radius 3 is 1.93 bits per heavy atom. The first-order chi connectivity index (χ1) is 6.61. The number of hydrogen-bond donors (Lipinski definition) is 0. The Labute approximate surface area is 81.0 Å². The molecule has 3 heteroatoms. The van der Waals surface area contributed by atoms with E-state index in [-0.39, 0.29) is 11.6 Å². The largest absolute Gasteiger partial charge is 0.292 e. The van der Waals surface area contributed by atoms with Gasteiger partial charge < -0.3 is 0 Å². The zero-order valence-corrected chi connectivity index (χ0v) is 7.57. The Morgan fingerprint density at radius 1 is 1.14 bits per heavy atom. The molecule has 68 valence electrons. The molecular weight excluding hydrogens is 178 g/mol. The third-order valence-corrected chi connectivity index (χ3v) is 2.55. The smallest absolute Gasteiger partial charge is 0.191 e. The van der Waals surface area contributed by atoms with Crippen LogP contribution < -0.4 is 0 Å². The fourth-order valence-corrected chi connectivity index (χ4v) is 1.62. The van der Waals surface area contributed by atoms with Gasteiger partial charge in [-0.15, -0.1) is 0 Å². The molecular formula is C11H7NO2. The van der Waals surface area contributed by atoms with Gasteiger partial charge in [0.15, 0.2) is 17.0 Å². The van der Waals surface area contributed by atoms with Crippen LogP contribution in [-0.4, -0.2) is 11.6 Å². The van der Waals surface area contributed by atoms with Crippen LogP contribution in [0, 0.1) is 16.7 Å². The molecule has 0 saturated carbocycles. The van der Waals surface area contributed by atoms with Crippen molar-refractivity contribution in [1.29, 1.82) is 5.26 Å². The van der Waals surface area contributed by atoms with Gasteiger partial charge in [-0.05, 0) is 6.92 Å². The first kappa shape index (κ1) is 8.64. The molecule has 0 bridgehead atoms. The summed E-state index contributed by atoms with van der Waals surface area (Å²) in [5.41, 5.74) is -0.785. The van der Waals surface area contributed by atoms with Crippen molar-refractivity contribution in [2.45, 2.75) is 6.92 Å². The van der Waals surface area contributed by atoms with Gasteiger partial charge in [0.2, 0.25) is 0 Å². The van der Waals surface area contributed by atoms with E-state index in [2.05, 4.69) is 0 Å². The second-order valence-corrected chi connectivity index (χ2v) is 3.44. The van der Waals surface area contributed by atoms with Crippen molar-refractivity contribution in [3.8, 4) is 6.07 Å². The molecule has 0 amide bonds. The Hall–Kier alpha value is -1.95. The van der Waals surface area contributed by atoms with Crippen LogP contribution >= 0.6 is 0 Å². The third-order valence-electron chi connectivity index (χ3n) is 2.55. The summed E-state index contributed by atoms with van der Waals surface area (Å²) < 4.78 is 0. The van der Waals surface area contributed by atoms with Crippen molar-refractivity contribution in [3.05, 3.63) is 35.4 Å². The van der Waals surface area contributed by atoms with Crippen LogP contribution in [0.25, 0.3) is 0 Å². The molecule has 0 spiro atoms. The monoisotopic (exact) mass is 185 g/mol. The minimum atomic E-state index is -1.51. The number of carbonyl (C=O) groups is 2. The SMILES string of the molecule is CC1(C#N)C(=O)c2ccccc2C1=O. The predicted octanol–water partition coefficient (Wildman–Crippen LogP) is 1.60. The summed E-state index contributed by atoms with van der Waals surface area (Å²) in [6.07, 6.45) is 0. The topological polar surface area (TPSA) is 57.9 Å². The zero-order chi connectivity index (χ0) is 10.3. The molecule has 0 aliphatic heterocycles. The highest BCUT2D eigenvalue weighted by atomic mass is 16.2. The van der Waals surface area contributed by atoms with Crippen molar-refractivity contribution < 1.29 is 9.59 Å². The molecule has 14 heavy (non-hydrogen) atoms. The van der Waals surface area contributed by atoms with Crippen molar-refractivity contribution in [2.24, 2.45) is 5.41 Å². The second kappa shape index (κ2) is 2.52. The van der Waals surface area contributed by atoms with Crippen LogP contribution in [0.3, 0.4) is 0 Å². The van der Waals surface area contributed by atoms with Crippen LogP contribution in [-0.2, 0) is 0 Å². The summed E-state index contributed by atoms with van der Waals surface area (Å²) in [6, 6.07) is 8.33. The van der Waals surface area contributed by atoms with Gasteiger partial charge in [0.05, 0.1) is 6.07 Å². The quantitative estimate of drug-likeness (QED) is 0.577. The zero-order valence-electron chi connectivity index (χ0n) is 7.57. The van der Waals surface area contributed by atoms with E-state index in [0.717, 1.165) is 0 Å². The number of ketones is 2. The van der Waals surface area contributed by atoms with Crippen LogP contribution in [0.1, 0.15) is 27.6 Å². The highest BCUT2D eigenvalue weighted by molar-refractivity contribution is 6.30. The lowest BCUT2D eigenvalue weighted by Crippen LogP contribution is -2.27. The molecule has 1 aliphatic carbocycles. The molecule has 3 nitrogen and oxygen atoms in total. The lowest BCUT2D eigenvalue weighted by Gasteiger charge is -2.07. The Balaban J connectivity index is 2.73. The summed E-state index contributed by atoms with van der Waals surface area (Å²) >= 11 is 0. The fourth-order valence-electron chi connectivity index (χ4n) is 1.62. The van der Waals surface area contributed by atoms with E-state index >= 15 is 0 Å². The normalized spacial score (nSPS) is 17.7. The molecule has 0 heterocycles. The number of fused-ring (bicyclic) bond motifs is 1. The van der Waals surface area contributed by atoms with Gasteiger partial charge in [-0.25, -0.2) is 0 Å². The minimum Gasteiger partial charge on any atom is -0.292 e. The van der Waals surface area contributed by atoms with Crippen molar-refractivity contribution in [2.75, 3.05) is 0 Å². The van der Waals surface area contributed by atoms with E-state index in [1.54, 1.807) is 30.3 Å². The molecule has 1 aromatic carbocycles. The summed E-state index contributed by atoms with van der Waals surface area (Å²) in [5, 5.41) is 8.85. The maximum atomic E-state index is 11.7. The lowest BCUT2D eigenvalue weighted by atomic mass is 9.87. The molecule has 0 atom stereocenters. The average molecular weight is 185 g/mol. The molecule has 0 radical (unpaired) electrons. The van der Waals surface area contributed by atoms with Crippen molar-refractivity contribution in [1.82, 2.24) is 0 Å². The van der Waals surface area contributed by atoms with E-state index in [9.17, 15) is 9.59 Å². The summed E-state index contributed by atoms with van der Waals surface area (Å²) in [7, 11) is 0. The Morgan fingerprint density at radius 2 is 1.57 bits per heavy atom. The molecule has 1 aliphatic rings. The standard InChI is InChI=1S/C11H7NO2/c1-11(6-12)9(13)7-4-2-3-5-8(7)10(11)14/h2-5H,1H3. The Bertz CT molecular complexity index is 447. The van der Waals surface area contributed by atoms with Crippen LogP contribution in [0.2, 0.25) is 0 Å². The maximum Gasteiger partial charge on any atom is 0.191 e. The molecule has 1 aromatic rings. The van der Waals surface area contributed by atoms with Gasteiger partial charge in [0.25, 0.3) is 0 Å². The number of nitriles is 1.